The third kappa shape index (κ3) is 3.51. The van der Waals surface area contributed by atoms with E-state index in [0.29, 0.717) is 17.9 Å². The summed E-state index contributed by atoms with van der Waals surface area (Å²) in [7, 11) is 0. The van der Waals surface area contributed by atoms with Crippen LogP contribution in [-0.2, 0) is 13.1 Å². The third-order valence-corrected chi connectivity index (χ3v) is 5.59. The van der Waals surface area contributed by atoms with Crippen molar-refractivity contribution < 1.29 is 13.6 Å². The summed E-state index contributed by atoms with van der Waals surface area (Å²) in [4.78, 5) is 14.7. The average molecular weight is 409 g/mol. The van der Waals surface area contributed by atoms with Gasteiger partial charge < -0.3 is 4.90 Å². The molecule has 1 unspecified atom stereocenters. The van der Waals surface area contributed by atoms with Crippen LogP contribution in [0.5, 0.6) is 0 Å². The Morgan fingerprint density at radius 3 is 2.67 bits per heavy atom. The smallest absolute Gasteiger partial charge is 0.255 e. The minimum Gasteiger partial charge on any atom is -0.327 e. The molecule has 6 heteroatoms. The van der Waals surface area contributed by atoms with Crippen LogP contribution in [0.25, 0.3) is 11.3 Å². The van der Waals surface area contributed by atoms with Gasteiger partial charge in [-0.3, -0.25) is 9.48 Å². The van der Waals surface area contributed by atoms with Crippen molar-refractivity contribution in [3.8, 4) is 11.3 Å². The molecule has 1 atom stereocenters. The molecule has 4 nitrogen and oxygen atoms in total. The molecule has 3 aromatic rings. The van der Waals surface area contributed by atoms with Crippen molar-refractivity contribution in [1.29, 1.82) is 0 Å². The van der Waals surface area contributed by atoms with Crippen LogP contribution in [0.4, 0.5) is 8.78 Å². The van der Waals surface area contributed by atoms with E-state index >= 15 is 0 Å². The molecular weight excluding hydrogens is 384 g/mol. The van der Waals surface area contributed by atoms with Gasteiger partial charge in [0.25, 0.3) is 5.91 Å². The van der Waals surface area contributed by atoms with Gasteiger partial charge in [-0.05, 0) is 42.2 Å². The first-order valence-electron chi connectivity index (χ1n) is 10.3. The fraction of sp³-hybridized carbons (Fsp3) is 0.333. The van der Waals surface area contributed by atoms with Crippen molar-refractivity contribution >= 4 is 5.91 Å². The Kier molecular flexibility index (Phi) is 5.41. The van der Waals surface area contributed by atoms with E-state index in [1.807, 2.05) is 35.9 Å². The Hall–Kier alpha value is -3.02. The molecule has 1 aliphatic rings. The lowest BCUT2D eigenvalue weighted by Gasteiger charge is -2.25. The van der Waals surface area contributed by atoms with Crippen molar-refractivity contribution in [3.05, 3.63) is 77.0 Å². The molecule has 1 amide bonds. The van der Waals surface area contributed by atoms with E-state index in [4.69, 9.17) is 0 Å². The first kappa shape index (κ1) is 20.3. The Bertz CT molecular complexity index is 1090. The van der Waals surface area contributed by atoms with E-state index in [-0.39, 0.29) is 24.1 Å². The number of carbonyl (C=O) groups is 1. The maximum Gasteiger partial charge on any atom is 0.255 e. The minimum atomic E-state index is -0.898. The van der Waals surface area contributed by atoms with E-state index in [9.17, 15) is 13.6 Å². The number of rotatable bonds is 6. The van der Waals surface area contributed by atoms with Gasteiger partial charge in [0.1, 0.15) is 0 Å². The van der Waals surface area contributed by atoms with Gasteiger partial charge >= 0.3 is 0 Å². The minimum absolute atomic E-state index is 0.0379. The van der Waals surface area contributed by atoms with Gasteiger partial charge in [-0.25, -0.2) is 8.78 Å². The summed E-state index contributed by atoms with van der Waals surface area (Å²) in [5.41, 5.74) is 3.73. The summed E-state index contributed by atoms with van der Waals surface area (Å²) in [6.45, 7) is 7.13. The second-order valence-corrected chi connectivity index (χ2v) is 8.16. The van der Waals surface area contributed by atoms with E-state index in [0.717, 1.165) is 29.4 Å². The number of nitrogens with zero attached hydrogens (tertiary/aromatic N) is 3. The highest BCUT2D eigenvalue weighted by molar-refractivity contribution is 5.99. The monoisotopic (exact) mass is 409 g/mol. The van der Waals surface area contributed by atoms with Gasteiger partial charge in [-0.1, -0.05) is 39.0 Å². The number of halogens is 2. The van der Waals surface area contributed by atoms with Crippen molar-refractivity contribution in [2.24, 2.45) is 5.92 Å². The molecule has 30 heavy (non-hydrogen) atoms. The van der Waals surface area contributed by atoms with Gasteiger partial charge in [0.15, 0.2) is 11.6 Å². The lowest BCUT2D eigenvalue weighted by atomic mass is 9.98. The van der Waals surface area contributed by atoms with E-state index in [2.05, 4.69) is 18.9 Å². The Labute approximate surface area is 175 Å². The summed E-state index contributed by atoms with van der Waals surface area (Å²) in [5.74, 6) is -1.48. The van der Waals surface area contributed by atoms with Crippen LogP contribution in [-0.4, -0.2) is 20.6 Å². The number of hydrogen-bond donors (Lipinski definition) is 0. The number of benzene rings is 2. The molecule has 2 aromatic carbocycles. The van der Waals surface area contributed by atoms with E-state index in [1.165, 1.54) is 12.1 Å². The van der Waals surface area contributed by atoms with Crippen molar-refractivity contribution in [2.75, 3.05) is 0 Å². The summed E-state index contributed by atoms with van der Waals surface area (Å²) in [6, 6.07) is 11.7. The highest BCUT2D eigenvalue weighted by Crippen LogP contribution is 2.39. The first-order chi connectivity index (χ1) is 14.4. The van der Waals surface area contributed by atoms with Crippen LogP contribution in [0.2, 0.25) is 0 Å². The Balaban J connectivity index is 1.69. The average Bonchev–Trinajstić information content (AvgIpc) is 3.27. The quantitative estimate of drug-likeness (QED) is 0.532. The van der Waals surface area contributed by atoms with Crippen molar-refractivity contribution in [3.63, 3.8) is 0 Å². The van der Waals surface area contributed by atoms with Gasteiger partial charge in [0.2, 0.25) is 0 Å². The van der Waals surface area contributed by atoms with Gasteiger partial charge in [0.05, 0.1) is 11.7 Å². The molecule has 0 N–H and O–H groups in total. The standard InChI is InChI=1S/C24H25F2N3O/c1-4-21-19-12-16(22-10-11-27-29(22)13-15(2)3)8-9-18(19)24(30)28(21)14-17-6-5-7-20(25)23(17)26/h5-12,15,21H,4,13-14H2,1-3H3. The molecule has 156 valence electrons. The molecule has 1 aliphatic heterocycles. The van der Waals surface area contributed by atoms with Crippen LogP contribution in [0, 0.1) is 17.6 Å². The molecule has 0 radical (unpaired) electrons. The van der Waals surface area contributed by atoms with Gasteiger partial charge in [-0.15, -0.1) is 0 Å². The summed E-state index contributed by atoms with van der Waals surface area (Å²) >= 11 is 0. The lowest BCUT2D eigenvalue weighted by Crippen LogP contribution is -2.27. The predicted octanol–water partition coefficient (Wildman–Crippen LogP) is 5.59. The van der Waals surface area contributed by atoms with Crippen LogP contribution in [0.3, 0.4) is 0 Å². The SMILES string of the molecule is CCC1c2cc(-c3ccnn3CC(C)C)ccc2C(=O)N1Cc1cccc(F)c1F. The summed E-state index contributed by atoms with van der Waals surface area (Å²) in [5, 5.41) is 4.43. The molecule has 0 saturated heterocycles. The van der Waals surface area contributed by atoms with E-state index < -0.39 is 11.6 Å². The fourth-order valence-electron chi connectivity index (χ4n) is 4.20. The number of fused-ring (bicyclic) bond motifs is 1. The van der Waals surface area contributed by atoms with Crippen LogP contribution >= 0.6 is 0 Å². The second kappa shape index (κ2) is 8.01. The Morgan fingerprint density at radius 2 is 1.93 bits per heavy atom. The molecule has 0 fully saturated rings. The molecule has 0 saturated carbocycles. The number of hydrogen-bond acceptors (Lipinski definition) is 2. The molecule has 4 rings (SSSR count). The second-order valence-electron chi connectivity index (χ2n) is 8.16. The third-order valence-electron chi connectivity index (χ3n) is 5.59. The van der Waals surface area contributed by atoms with Gasteiger partial charge in [0, 0.05) is 36.0 Å². The van der Waals surface area contributed by atoms with Crippen molar-refractivity contribution in [1.82, 2.24) is 14.7 Å². The zero-order chi connectivity index (χ0) is 21.4. The van der Waals surface area contributed by atoms with Crippen molar-refractivity contribution in [2.45, 2.75) is 46.3 Å². The van der Waals surface area contributed by atoms with Crippen LogP contribution < -0.4 is 0 Å². The first-order valence-corrected chi connectivity index (χ1v) is 10.3. The lowest BCUT2D eigenvalue weighted by molar-refractivity contribution is 0.0703. The topological polar surface area (TPSA) is 38.1 Å². The molecule has 2 heterocycles. The normalized spacial score (nSPS) is 15.9. The number of aromatic nitrogens is 2. The fourth-order valence-corrected chi connectivity index (χ4v) is 4.20. The Morgan fingerprint density at radius 1 is 1.13 bits per heavy atom. The van der Waals surface area contributed by atoms with Crippen LogP contribution in [0.1, 0.15) is 54.7 Å². The van der Waals surface area contributed by atoms with Gasteiger partial charge in [-0.2, -0.15) is 5.10 Å². The molecule has 0 aliphatic carbocycles. The highest BCUT2D eigenvalue weighted by Gasteiger charge is 2.36. The largest absolute Gasteiger partial charge is 0.327 e. The maximum atomic E-state index is 14.2. The molecular formula is C24H25F2N3O. The number of amides is 1. The molecule has 1 aromatic heterocycles. The summed E-state index contributed by atoms with van der Waals surface area (Å²) < 4.78 is 29.8. The highest BCUT2D eigenvalue weighted by atomic mass is 19.2. The zero-order valence-electron chi connectivity index (χ0n) is 17.4. The predicted molar refractivity (Wildman–Crippen MR) is 112 cm³/mol. The molecule has 0 spiro atoms. The number of carbonyl (C=O) groups excluding carboxylic acids is 1. The molecule has 0 bridgehead atoms. The maximum absolute atomic E-state index is 14.2. The van der Waals surface area contributed by atoms with Crippen LogP contribution in [0.15, 0.2) is 48.7 Å². The summed E-state index contributed by atoms with van der Waals surface area (Å²) in [6.07, 6.45) is 2.47. The zero-order valence-corrected chi connectivity index (χ0v) is 17.4. The van der Waals surface area contributed by atoms with E-state index in [1.54, 1.807) is 11.1 Å².